The number of nitrogens with one attached hydrogen (secondary N) is 1. The second-order valence-electron chi connectivity index (χ2n) is 3.83. The Morgan fingerprint density at radius 3 is 2.39 bits per heavy atom. The van der Waals surface area contributed by atoms with Crippen LogP contribution in [0.15, 0.2) is 24.3 Å². The summed E-state index contributed by atoms with van der Waals surface area (Å²) in [6, 6.07) is 4.50. The van der Waals surface area contributed by atoms with Crippen LogP contribution in [-0.4, -0.2) is 31.9 Å². The summed E-state index contributed by atoms with van der Waals surface area (Å²) >= 11 is 0. The van der Waals surface area contributed by atoms with Crippen molar-refractivity contribution in [3.63, 3.8) is 0 Å². The molecule has 0 aliphatic heterocycles. The van der Waals surface area contributed by atoms with Crippen molar-refractivity contribution >= 4 is 0 Å². The van der Waals surface area contributed by atoms with Gasteiger partial charge in [0.1, 0.15) is 0 Å². The van der Waals surface area contributed by atoms with Crippen LogP contribution < -0.4 is 5.32 Å². The van der Waals surface area contributed by atoms with Gasteiger partial charge in [0.15, 0.2) is 0 Å². The second-order valence-corrected chi connectivity index (χ2v) is 3.83. The summed E-state index contributed by atoms with van der Waals surface area (Å²) in [5.41, 5.74) is -0.265. The Kier molecular flexibility index (Phi) is 5.58. The minimum Gasteiger partial charge on any atom is -0.387 e. The zero-order valence-corrected chi connectivity index (χ0v) is 10.00. The number of aliphatic hydroxyl groups excluding tert-OH is 1. The molecular formula is C12H16F3NO2. The van der Waals surface area contributed by atoms with E-state index in [1.165, 1.54) is 12.1 Å². The fourth-order valence-corrected chi connectivity index (χ4v) is 1.43. The molecule has 0 aliphatic carbocycles. The third kappa shape index (κ3) is 4.64. The van der Waals surface area contributed by atoms with Crippen molar-refractivity contribution in [2.24, 2.45) is 0 Å². The summed E-state index contributed by atoms with van der Waals surface area (Å²) < 4.78 is 41.8. The Hall–Kier alpha value is -1.11. The number of alkyl halides is 3. The van der Waals surface area contributed by atoms with Crippen LogP contribution in [0, 0.1) is 0 Å². The summed E-state index contributed by atoms with van der Waals surface area (Å²) in [4.78, 5) is 0. The van der Waals surface area contributed by atoms with Gasteiger partial charge in [-0.25, -0.2) is 0 Å². The molecule has 0 aliphatic rings. The Morgan fingerprint density at radius 2 is 1.89 bits per heavy atom. The maximum Gasteiger partial charge on any atom is 0.416 e. The van der Waals surface area contributed by atoms with Gasteiger partial charge in [0.25, 0.3) is 0 Å². The van der Waals surface area contributed by atoms with E-state index in [4.69, 9.17) is 4.74 Å². The largest absolute Gasteiger partial charge is 0.416 e. The number of rotatable bonds is 6. The van der Waals surface area contributed by atoms with Gasteiger partial charge in [-0.15, -0.1) is 0 Å². The lowest BCUT2D eigenvalue weighted by atomic mass is 10.1. The maximum absolute atomic E-state index is 12.3. The van der Waals surface area contributed by atoms with Crippen molar-refractivity contribution in [2.75, 3.05) is 26.8 Å². The number of aliphatic hydroxyl groups is 1. The van der Waals surface area contributed by atoms with E-state index in [0.29, 0.717) is 18.7 Å². The van der Waals surface area contributed by atoms with E-state index < -0.39 is 17.8 Å². The highest BCUT2D eigenvalue weighted by molar-refractivity contribution is 5.26. The van der Waals surface area contributed by atoms with Gasteiger partial charge in [-0.1, -0.05) is 12.1 Å². The lowest BCUT2D eigenvalue weighted by Gasteiger charge is -2.13. The maximum atomic E-state index is 12.3. The van der Waals surface area contributed by atoms with Crippen LogP contribution in [0.3, 0.4) is 0 Å². The molecule has 0 radical (unpaired) electrons. The first-order chi connectivity index (χ1) is 8.45. The van der Waals surface area contributed by atoms with E-state index in [0.717, 1.165) is 12.1 Å². The van der Waals surface area contributed by atoms with Gasteiger partial charge in [0.05, 0.1) is 18.3 Å². The first-order valence-corrected chi connectivity index (χ1v) is 5.50. The second kappa shape index (κ2) is 6.72. The number of methoxy groups -OCH3 is 1. The van der Waals surface area contributed by atoms with Gasteiger partial charge < -0.3 is 15.2 Å². The summed E-state index contributed by atoms with van der Waals surface area (Å²) in [5, 5.41) is 12.7. The molecule has 6 heteroatoms. The zero-order chi connectivity index (χ0) is 13.6. The topological polar surface area (TPSA) is 41.5 Å². The van der Waals surface area contributed by atoms with E-state index in [9.17, 15) is 18.3 Å². The van der Waals surface area contributed by atoms with Crippen molar-refractivity contribution in [2.45, 2.75) is 12.3 Å². The van der Waals surface area contributed by atoms with Crippen molar-refractivity contribution < 1.29 is 23.0 Å². The van der Waals surface area contributed by atoms with Gasteiger partial charge in [0.2, 0.25) is 0 Å². The molecule has 2 N–H and O–H groups in total. The minimum atomic E-state index is -4.35. The quantitative estimate of drug-likeness (QED) is 0.771. The summed E-state index contributed by atoms with van der Waals surface area (Å²) in [6.07, 6.45) is -5.18. The van der Waals surface area contributed by atoms with Crippen LogP contribution in [0.4, 0.5) is 13.2 Å². The average Bonchev–Trinajstić information content (AvgIpc) is 2.33. The summed E-state index contributed by atoms with van der Waals surface area (Å²) in [6.45, 7) is 1.36. The molecule has 0 saturated heterocycles. The van der Waals surface area contributed by atoms with E-state index >= 15 is 0 Å². The molecule has 0 bridgehead atoms. The highest BCUT2D eigenvalue weighted by atomic mass is 19.4. The molecule has 102 valence electrons. The lowest BCUT2D eigenvalue weighted by Crippen LogP contribution is -2.25. The molecule has 0 amide bonds. The Balaban J connectivity index is 2.51. The van der Waals surface area contributed by atoms with E-state index in [1.54, 1.807) is 7.11 Å². The number of halogens is 3. The molecule has 0 fully saturated rings. The lowest BCUT2D eigenvalue weighted by molar-refractivity contribution is -0.137. The highest BCUT2D eigenvalue weighted by Crippen LogP contribution is 2.29. The molecule has 18 heavy (non-hydrogen) atoms. The predicted molar refractivity (Wildman–Crippen MR) is 61.1 cm³/mol. The van der Waals surface area contributed by atoms with E-state index in [2.05, 4.69) is 5.32 Å². The summed E-state index contributed by atoms with van der Waals surface area (Å²) in [7, 11) is 1.56. The number of hydrogen-bond donors (Lipinski definition) is 2. The van der Waals surface area contributed by atoms with E-state index in [1.807, 2.05) is 0 Å². The van der Waals surface area contributed by atoms with Crippen molar-refractivity contribution in [1.29, 1.82) is 0 Å². The number of ether oxygens (including phenoxy) is 1. The Bertz CT molecular complexity index is 351. The fourth-order valence-electron chi connectivity index (χ4n) is 1.43. The molecule has 0 aromatic heterocycles. The van der Waals surface area contributed by atoms with Gasteiger partial charge in [-0.2, -0.15) is 13.2 Å². The first kappa shape index (κ1) is 14.9. The summed E-state index contributed by atoms with van der Waals surface area (Å²) in [5.74, 6) is 0. The van der Waals surface area contributed by atoms with Crippen LogP contribution in [0.1, 0.15) is 17.2 Å². The first-order valence-electron chi connectivity index (χ1n) is 5.50. The average molecular weight is 263 g/mol. The highest BCUT2D eigenvalue weighted by Gasteiger charge is 2.30. The van der Waals surface area contributed by atoms with Crippen LogP contribution in [-0.2, 0) is 10.9 Å². The van der Waals surface area contributed by atoms with Crippen molar-refractivity contribution in [3.05, 3.63) is 35.4 Å². The van der Waals surface area contributed by atoms with Crippen LogP contribution >= 0.6 is 0 Å². The van der Waals surface area contributed by atoms with Gasteiger partial charge in [-0.05, 0) is 17.7 Å². The third-order valence-electron chi connectivity index (χ3n) is 2.44. The minimum absolute atomic E-state index is 0.273. The normalized spacial score (nSPS) is 13.6. The van der Waals surface area contributed by atoms with Crippen LogP contribution in [0.25, 0.3) is 0 Å². The van der Waals surface area contributed by atoms with Gasteiger partial charge in [-0.3, -0.25) is 0 Å². The number of benzene rings is 1. The molecule has 0 heterocycles. The Labute approximate surface area is 104 Å². The third-order valence-corrected chi connectivity index (χ3v) is 2.44. The van der Waals surface area contributed by atoms with E-state index in [-0.39, 0.29) is 6.54 Å². The Morgan fingerprint density at radius 1 is 1.28 bits per heavy atom. The molecule has 1 rings (SSSR count). The standard InChI is InChI=1S/C12H16F3NO2/c1-18-7-6-16-8-11(17)9-2-4-10(5-3-9)12(13,14)15/h2-5,11,16-17H,6-8H2,1H3. The van der Waals surface area contributed by atoms with Crippen molar-refractivity contribution in [1.82, 2.24) is 5.32 Å². The SMILES string of the molecule is COCCNCC(O)c1ccc(C(F)(F)F)cc1. The molecule has 0 saturated carbocycles. The molecule has 1 aromatic carbocycles. The van der Waals surface area contributed by atoms with Crippen LogP contribution in [0.2, 0.25) is 0 Å². The predicted octanol–water partition coefficient (Wildman–Crippen LogP) is 1.97. The molecule has 3 nitrogen and oxygen atoms in total. The van der Waals surface area contributed by atoms with Gasteiger partial charge >= 0.3 is 6.18 Å². The molecule has 1 aromatic rings. The van der Waals surface area contributed by atoms with Crippen LogP contribution in [0.5, 0.6) is 0 Å². The molecule has 1 unspecified atom stereocenters. The monoisotopic (exact) mass is 263 g/mol. The van der Waals surface area contributed by atoms with Gasteiger partial charge in [0, 0.05) is 20.2 Å². The molecule has 1 atom stereocenters. The fraction of sp³-hybridized carbons (Fsp3) is 0.500. The smallest absolute Gasteiger partial charge is 0.387 e. The molecule has 0 spiro atoms. The van der Waals surface area contributed by atoms with Crippen molar-refractivity contribution in [3.8, 4) is 0 Å². The molecular weight excluding hydrogens is 247 g/mol. The zero-order valence-electron chi connectivity index (χ0n) is 10.00. The number of hydrogen-bond acceptors (Lipinski definition) is 3.